The molecule has 24 heavy (non-hydrogen) atoms. The van der Waals surface area contributed by atoms with Gasteiger partial charge in [0, 0.05) is 30.7 Å². The molecule has 3 aromatic rings. The van der Waals surface area contributed by atoms with Crippen molar-refractivity contribution in [2.45, 2.75) is 25.1 Å². The Hall–Kier alpha value is -2.78. The first-order valence-corrected chi connectivity index (χ1v) is 8.00. The number of nitriles is 1. The minimum absolute atomic E-state index is 0.169. The molecule has 120 valence electrons. The van der Waals surface area contributed by atoms with E-state index in [0.29, 0.717) is 23.4 Å². The zero-order valence-electron chi connectivity index (χ0n) is 13.1. The minimum Gasteiger partial charge on any atom is -0.281 e. The van der Waals surface area contributed by atoms with E-state index in [1.54, 1.807) is 30.7 Å². The molecule has 3 rings (SSSR count). The molecule has 1 atom stereocenters. The second-order valence-electron chi connectivity index (χ2n) is 5.23. The highest BCUT2D eigenvalue weighted by molar-refractivity contribution is 6.20. The van der Waals surface area contributed by atoms with E-state index < -0.39 is 0 Å². The van der Waals surface area contributed by atoms with Crippen molar-refractivity contribution >= 4 is 11.6 Å². The van der Waals surface area contributed by atoms with E-state index in [0.717, 1.165) is 23.5 Å². The lowest BCUT2D eigenvalue weighted by Crippen LogP contribution is -2.04. The van der Waals surface area contributed by atoms with E-state index in [4.69, 9.17) is 11.6 Å². The minimum atomic E-state index is -0.169. The normalized spacial score (nSPS) is 11.9. The Morgan fingerprint density at radius 1 is 1.25 bits per heavy atom. The van der Waals surface area contributed by atoms with Gasteiger partial charge in [-0.05, 0) is 24.6 Å². The van der Waals surface area contributed by atoms with Crippen LogP contribution in [-0.4, -0.2) is 25.1 Å². The number of nitrogens with one attached hydrogen (secondary N) is 1. The van der Waals surface area contributed by atoms with Crippen LogP contribution in [0.15, 0.2) is 36.8 Å². The van der Waals surface area contributed by atoms with Crippen molar-refractivity contribution in [3.63, 3.8) is 0 Å². The fraction of sp³-hybridized carbons (Fsp3) is 0.235. The number of halogens is 1. The van der Waals surface area contributed by atoms with Crippen molar-refractivity contribution in [2.24, 2.45) is 0 Å². The van der Waals surface area contributed by atoms with Crippen LogP contribution in [0.3, 0.4) is 0 Å². The van der Waals surface area contributed by atoms with Crippen LogP contribution < -0.4 is 0 Å². The molecule has 1 N–H and O–H groups in total. The van der Waals surface area contributed by atoms with Gasteiger partial charge in [0.2, 0.25) is 0 Å². The van der Waals surface area contributed by atoms with Crippen LogP contribution in [0.25, 0.3) is 11.4 Å². The van der Waals surface area contributed by atoms with E-state index in [2.05, 4.69) is 31.2 Å². The highest BCUT2D eigenvalue weighted by Crippen LogP contribution is 2.26. The summed E-state index contributed by atoms with van der Waals surface area (Å²) in [5.41, 5.74) is 4.14. The largest absolute Gasteiger partial charge is 0.281 e. The number of hydrogen-bond donors (Lipinski definition) is 1. The van der Waals surface area contributed by atoms with Crippen molar-refractivity contribution in [3.8, 4) is 17.5 Å². The maximum absolute atomic E-state index is 9.19. The van der Waals surface area contributed by atoms with Gasteiger partial charge in [-0.15, -0.1) is 11.6 Å². The maximum Gasteiger partial charge on any atom is 0.112 e. The van der Waals surface area contributed by atoms with Gasteiger partial charge < -0.3 is 0 Å². The Kier molecular flexibility index (Phi) is 4.82. The Bertz CT molecular complexity index is 883. The van der Waals surface area contributed by atoms with Crippen molar-refractivity contribution in [1.29, 1.82) is 5.26 Å². The molecule has 0 aliphatic heterocycles. The Balaban J connectivity index is 1.89. The third-order valence-electron chi connectivity index (χ3n) is 3.62. The molecule has 3 heterocycles. The topological polar surface area (TPSA) is 91.1 Å². The van der Waals surface area contributed by atoms with Crippen LogP contribution >= 0.6 is 11.6 Å². The highest BCUT2D eigenvalue weighted by Gasteiger charge is 2.16. The molecule has 1 unspecified atom stereocenters. The predicted octanol–water partition coefficient (Wildman–Crippen LogP) is 3.41. The molecule has 0 fully saturated rings. The standard InChI is InChI=1S/C17H15ClN6/c1-2-13(18)17-14(20-6-7-22-17)8-12-9-15(24-23-12)16-11(10-19)4-3-5-21-16/h3-7,9,13H,2,8H2,1H3,(H,23,24). The van der Waals surface area contributed by atoms with Crippen LogP contribution in [0, 0.1) is 11.3 Å². The molecule has 0 aliphatic carbocycles. The van der Waals surface area contributed by atoms with Crippen LogP contribution in [0.5, 0.6) is 0 Å². The first-order chi connectivity index (χ1) is 11.7. The number of pyridine rings is 1. The highest BCUT2D eigenvalue weighted by atomic mass is 35.5. The van der Waals surface area contributed by atoms with Gasteiger partial charge in [0.05, 0.1) is 22.3 Å². The molecule has 0 spiro atoms. The second kappa shape index (κ2) is 7.20. The molecule has 0 amide bonds. The summed E-state index contributed by atoms with van der Waals surface area (Å²) < 4.78 is 0. The van der Waals surface area contributed by atoms with E-state index in [1.807, 2.05) is 13.0 Å². The number of aromatic nitrogens is 5. The molecule has 0 saturated heterocycles. The van der Waals surface area contributed by atoms with Crippen molar-refractivity contribution in [2.75, 3.05) is 0 Å². The predicted molar refractivity (Wildman–Crippen MR) is 90.3 cm³/mol. The van der Waals surface area contributed by atoms with E-state index in [-0.39, 0.29) is 5.38 Å². The van der Waals surface area contributed by atoms with Crippen LogP contribution in [0.4, 0.5) is 0 Å². The SMILES string of the molecule is CCC(Cl)c1nccnc1Cc1cc(-c2ncccc2C#N)n[nH]1. The Morgan fingerprint density at radius 2 is 2.08 bits per heavy atom. The molecule has 3 aromatic heterocycles. The number of rotatable bonds is 5. The molecule has 6 nitrogen and oxygen atoms in total. The summed E-state index contributed by atoms with van der Waals surface area (Å²) in [5.74, 6) is 0. The molecule has 0 aliphatic rings. The third-order valence-corrected chi connectivity index (χ3v) is 4.14. The second-order valence-corrected chi connectivity index (χ2v) is 5.76. The zero-order chi connectivity index (χ0) is 16.9. The van der Waals surface area contributed by atoms with Gasteiger partial charge in [-0.3, -0.25) is 20.1 Å². The van der Waals surface area contributed by atoms with Gasteiger partial charge >= 0.3 is 0 Å². The van der Waals surface area contributed by atoms with Gasteiger partial charge in [-0.1, -0.05) is 6.92 Å². The zero-order valence-corrected chi connectivity index (χ0v) is 13.8. The number of alkyl halides is 1. The lowest BCUT2D eigenvalue weighted by molar-refractivity contribution is 0.804. The molecule has 7 heteroatoms. The summed E-state index contributed by atoms with van der Waals surface area (Å²) in [6.07, 6.45) is 6.26. The lowest BCUT2D eigenvalue weighted by Gasteiger charge is -2.09. The Morgan fingerprint density at radius 3 is 2.88 bits per heavy atom. The van der Waals surface area contributed by atoms with E-state index in [9.17, 15) is 5.26 Å². The van der Waals surface area contributed by atoms with Gasteiger partial charge in [-0.2, -0.15) is 10.4 Å². The van der Waals surface area contributed by atoms with Gasteiger partial charge in [0.15, 0.2) is 0 Å². The summed E-state index contributed by atoms with van der Waals surface area (Å²) in [7, 11) is 0. The van der Waals surface area contributed by atoms with Crippen molar-refractivity contribution < 1.29 is 0 Å². The first-order valence-electron chi connectivity index (χ1n) is 7.56. The van der Waals surface area contributed by atoms with Gasteiger partial charge in [-0.25, -0.2) is 0 Å². The maximum atomic E-state index is 9.19. The van der Waals surface area contributed by atoms with Gasteiger partial charge in [0.1, 0.15) is 17.5 Å². The van der Waals surface area contributed by atoms with Gasteiger partial charge in [0.25, 0.3) is 0 Å². The molecule has 0 radical (unpaired) electrons. The molecular formula is C17H15ClN6. The summed E-state index contributed by atoms with van der Waals surface area (Å²) in [6.45, 7) is 2.01. The quantitative estimate of drug-likeness (QED) is 0.720. The Labute approximate surface area is 144 Å². The summed E-state index contributed by atoms with van der Waals surface area (Å²) in [4.78, 5) is 13.0. The molecule has 0 bridgehead atoms. The van der Waals surface area contributed by atoms with Crippen molar-refractivity contribution in [3.05, 3.63) is 59.4 Å². The third kappa shape index (κ3) is 3.26. The first kappa shape index (κ1) is 16.1. The monoisotopic (exact) mass is 338 g/mol. The summed E-state index contributed by atoms with van der Waals surface area (Å²) in [5, 5.41) is 16.3. The van der Waals surface area contributed by atoms with Crippen LogP contribution in [0.2, 0.25) is 0 Å². The van der Waals surface area contributed by atoms with Crippen LogP contribution in [0.1, 0.15) is 41.4 Å². The van der Waals surface area contributed by atoms with E-state index >= 15 is 0 Å². The molecular weight excluding hydrogens is 324 g/mol. The fourth-order valence-electron chi connectivity index (χ4n) is 2.42. The summed E-state index contributed by atoms with van der Waals surface area (Å²) in [6, 6.07) is 7.45. The fourth-order valence-corrected chi connectivity index (χ4v) is 2.60. The molecule has 0 aromatic carbocycles. The number of aromatic amines is 1. The number of H-pyrrole nitrogens is 1. The van der Waals surface area contributed by atoms with Crippen molar-refractivity contribution in [1.82, 2.24) is 25.1 Å². The smallest absolute Gasteiger partial charge is 0.112 e. The average Bonchev–Trinajstić information content (AvgIpc) is 3.09. The summed E-state index contributed by atoms with van der Waals surface area (Å²) >= 11 is 6.33. The molecule has 0 saturated carbocycles. The number of hydrogen-bond acceptors (Lipinski definition) is 5. The van der Waals surface area contributed by atoms with Crippen LogP contribution in [-0.2, 0) is 6.42 Å². The van der Waals surface area contributed by atoms with E-state index in [1.165, 1.54) is 0 Å². The lowest BCUT2D eigenvalue weighted by atomic mass is 10.1. The average molecular weight is 339 g/mol. The number of nitrogens with zero attached hydrogens (tertiary/aromatic N) is 5.